The van der Waals surface area contributed by atoms with Crippen molar-refractivity contribution in [3.05, 3.63) is 53.3 Å². The molecule has 0 aliphatic rings. The average molecular weight is 257 g/mol. The summed E-state index contributed by atoms with van der Waals surface area (Å²) in [6, 6.07) is 11.1. The Morgan fingerprint density at radius 2 is 1.72 bits per heavy atom. The van der Waals surface area contributed by atoms with Gasteiger partial charge in [-0.05, 0) is 44.2 Å². The smallest absolute Gasteiger partial charge is 0.124 e. The molecule has 0 N–H and O–H groups in total. The van der Waals surface area contributed by atoms with E-state index in [0.29, 0.717) is 0 Å². The van der Waals surface area contributed by atoms with Crippen LogP contribution < -0.4 is 0 Å². The Balaban J connectivity index is 2.19. The van der Waals surface area contributed by atoms with Gasteiger partial charge in [0, 0.05) is 5.56 Å². The predicted octanol–water partition coefficient (Wildman–Crippen LogP) is 4.72. The number of thiazole rings is 1. The van der Waals surface area contributed by atoms with Crippen LogP contribution >= 0.6 is 11.3 Å². The van der Waals surface area contributed by atoms with Gasteiger partial charge in [-0.15, -0.1) is 11.3 Å². The predicted molar refractivity (Wildman–Crippen MR) is 74.5 cm³/mol. The number of benzene rings is 2. The third kappa shape index (κ3) is 2.02. The Morgan fingerprint density at radius 3 is 2.44 bits per heavy atom. The number of aryl methyl sites for hydroxylation is 2. The first-order valence-electron chi connectivity index (χ1n) is 5.76. The van der Waals surface area contributed by atoms with Crippen LogP contribution in [-0.4, -0.2) is 4.98 Å². The van der Waals surface area contributed by atoms with Crippen LogP contribution in [0.1, 0.15) is 11.1 Å². The molecule has 0 radical (unpaired) electrons. The molecule has 2 aromatic carbocycles. The molecule has 0 saturated carbocycles. The van der Waals surface area contributed by atoms with E-state index in [2.05, 4.69) is 37.0 Å². The van der Waals surface area contributed by atoms with Crippen molar-refractivity contribution in [2.75, 3.05) is 0 Å². The maximum Gasteiger partial charge on any atom is 0.124 e. The summed E-state index contributed by atoms with van der Waals surface area (Å²) >= 11 is 1.53. The summed E-state index contributed by atoms with van der Waals surface area (Å²) in [6.45, 7) is 4.15. The molecule has 0 spiro atoms. The summed E-state index contributed by atoms with van der Waals surface area (Å²) in [6.07, 6.45) is 0. The van der Waals surface area contributed by atoms with Gasteiger partial charge in [0.05, 0.1) is 10.2 Å². The summed E-state index contributed by atoms with van der Waals surface area (Å²) < 4.78 is 14.0. The zero-order valence-electron chi connectivity index (χ0n) is 10.2. The van der Waals surface area contributed by atoms with E-state index in [4.69, 9.17) is 0 Å². The summed E-state index contributed by atoms with van der Waals surface area (Å²) in [5.41, 5.74) is 4.40. The highest BCUT2D eigenvalue weighted by Gasteiger charge is 2.07. The molecule has 3 rings (SSSR count). The summed E-state index contributed by atoms with van der Waals surface area (Å²) in [7, 11) is 0. The Bertz CT molecular complexity index is 710. The van der Waals surface area contributed by atoms with Gasteiger partial charge in [0.15, 0.2) is 0 Å². The summed E-state index contributed by atoms with van der Waals surface area (Å²) in [5.74, 6) is -0.210. The second-order valence-corrected chi connectivity index (χ2v) is 5.54. The van der Waals surface area contributed by atoms with Gasteiger partial charge < -0.3 is 0 Å². The van der Waals surface area contributed by atoms with Crippen molar-refractivity contribution in [3.63, 3.8) is 0 Å². The third-order valence-electron chi connectivity index (χ3n) is 2.82. The molecule has 90 valence electrons. The van der Waals surface area contributed by atoms with Crippen LogP contribution in [0, 0.1) is 19.7 Å². The van der Waals surface area contributed by atoms with E-state index in [1.807, 2.05) is 0 Å². The standard InChI is InChI=1S/C15H12FNS/c1-9-5-10(2)7-11(6-9)15-17-13-4-3-12(16)8-14(13)18-15/h3-8H,1-2H3. The minimum atomic E-state index is -0.210. The van der Waals surface area contributed by atoms with Gasteiger partial charge in [-0.1, -0.05) is 17.2 Å². The van der Waals surface area contributed by atoms with Crippen molar-refractivity contribution in [2.45, 2.75) is 13.8 Å². The minimum Gasteiger partial charge on any atom is -0.236 e. The molecule has 1 nitrogen and oxygen atoms in total. The zero-order chi connectivity index (χ0) is 12.7. The summed E-state index contributed by atoms with van der Waals surface area (Å²) in [4.78, 5) is 4.56. The lowest BCUT2D eigenvalue weighted by Gasteiger charge is -2.00. The van der Waals surface area contributed by atoms with E-state index < -0.39 is 0 Å². The Hall–Kier alpha value is -1.74. The molecule has 1 aromatic heterocycles. The number of rotatable bonds is 1. The van der Waals surface area contributed by atoms with Gasteiger partial charge in [0.25, 0.3) is 0 Å². The van der Waals surface area contributed by atoms with Crippen LogP contribution in [0.25, 0.3) is 20.8 Å². The Morgan fingerprint density at radius 1 is 1.00 bits per heavy atom. The molecular formula is C15H12FNS. The molecule has 0 aliphatic carbocycles. The monoisotopic (exact) mass is 257 g/mol. The fourth-order valence-corrected chi connectivity index (χ4v) is 3.10. The van der Waals surface area contributed by atoms with E-state index in [9.17, 15) is 4.39 Å². The van der Waals surface area contributed by atoms with Crippen LogP contribution in [0.2, 0.25) is 0 Å². The highest BCUT2D eigenvalue weighted by Crippen LogP contribution is 2.31. The van der Waals surface area contributed by atoms with Crippen LogP contribution in [0.15, 0.2) is 36.4 Å². The van der Waals surface area contributed by atoms with E-state index in [0.717, 1.165) is 20.8 Å². The molecular weight excluding hydrogens is 245 g/mol. The molecule has 0 unspecified atom stereocenters. The largest absolute Gasteiger partial charge is 0.236 e. The van der Waals surface area contributed by atoms with Gasteiger partial charge in [-0.25, -0.2) is 9.37 Å². The lowest BCUT2D eigenvalue weighted by molar-refractivity contribution is 0.630. The van der Waals surface area contributed by atoms with E-state index in [1.165, 1.54) is 28.5 Å². The van der Waals surface area contributed by atoms with Gasteiger partial charge in [0.2, 0.25) is 0 Å². The fourth-order valence-electron chi connectivity index (χ4n) is 2.12. The van der Waals surface area contributed by atoms with Crippen LogP contribution in [0.5, 0.6) is 0 Å². The second kappa shape index (κ2) is 4.18. The van der Waals surface area contributed by atoms with Crippen molar-refractivity contribution in [1.29, 1.82) is 0 Å². The first-order chi connectivity index (χ1) is 8.61. The van der Waals surface area contributed by atoms with E-state index >= 15 is 0 Å². The zero-order valence-corrected chi connectivity index (χ0v) is 11.0. The van der Waals surface area contributed by atoms with E-state index in [1.54, 1.807) is 12.1 Å². The SMILES string of the molecule is Cc1cc(C)cc(-c2nc3ccc(F)cc3s2)c1. The molecule has 0 fully saturated rings. The fraction of sp³-hybridized carbons (Fsp3) is 0.133. The van der Waals surface area contributed by atoms with Crippen LogP contribution in [0.3, 0.4) is 0 Å². The van der Waals surface area contributed by atoms with Crippen molar-refractivity contribution in [1.82, 2.24) is 4.98 Å². The molecule has 1 heterocycles. The number of fused-ring (bicyclic) bond motifs is 1. The maximum atomic E-state index is 13.2. The number of aromatic nitrogens is 1. The van der Waals surface area contributed by atoms with Crippen LogP contribution in [0.4, 0.5) is 4.39 Å². The molecule has 18 heavy (non-hydrogen) atoms. The molecule has 3 heteroatoms. The number of hydrogen-bond acceptors (Lipinski definition) is 2. The first kappa shape index (κ1) is 11.4. The molecule has 0 aliphatic heterocycles. The number of halogens is 1. The van der Waals surface area contributed by atoms with Crippen molar-refractivity contribution < 1.29 is 4.39 Å². The Kier molecular flexibility index (Phi) is 2.63. The van der Waals surface area contributed by atoms with Crippen molar-refractivity contribution in [2.24, 2.45) is 0 Å². The number of hydrogen-bond donors (Lipinski definition) is 0. The molecule has 0 atom stereocenters. The highest BCUT2D eigenvalue weighted by molar-refractivity contribution is 7.21. The third-order valence-corrected chi connectivity index (χ3v) is 3.89. The van der Waals surface area contributed by atoms with Crippen LogP contribution in [-0.2, 0) is 0 Å². The number of nitrogens with zero attached hydrogens (tertiary/aromatic N) is 1. The highest BCUT2D eigenvalue weighted by atomic mass is 32.1. The van der Waals surface area contributed by atoms with Crippen molar-refractivity contribution >= 4 is 21.6 Å². The second-order valence-electron chi connectivity index (χ2n) is 4.51. The quantitative estimate of drug-likeness (QED) is 0.614. The molecule has 3 aromatic rings. The van der Waals surface area contributed by atoms with Gasteiger partial charge >= 0.3 is 0 Å². The lowest BCUT2D eigenvalue weighted by atomic mass is 10.1. The Labute approximate surface area is 109 Å². The van der Waals surface area contributed by atoms with Gasteiger partial charge in [0.1, 0.15) is 10.8 Å². The summed E-state index contributed by atoms with van der Waals surface area (Å²) in [5, 5.41) is 0.947. The normalized spacial score (nSPS) is 11.1. The molecule has 0 amide bonds. The molecule has 0 bridgehead atoms. The topological polar surface area (TPSA) is 12.9 Å². The maximum absolute atomic E-state index is 13.2. The molecule has 0 saturated heterocycles. The van der Waals surface area contributed by atoms with Gasteiger partial charge in [-0.3, -0.25) is 0 Å². The van der Waals surface area contributed by atoms with Gasteiger partial charge in [-0.2, -0.15) is 0 Å². The van der Waals surface area contributed by atoms with Crippen molar-refractivity contribution in [3.8, 4) is 10.6 Å². The first-order valence-corrected chi connectivity index (χ1v) is 6.58. The average Bonchev–Trinajstić information content (AvgIpc) is 2.70. The lowest BCUT2D eigenvalue weighted by Crippen LogP contribution is -1.81. The van der Waals surface area contributed by atoms with E-state index in [-0.39, 0.29) is 5.82 Å². The minimum absolute atomic E-state index is 0.210.